The van der Waals surface area contributed by atoms with Crippen molar-refractivity contribution in [3.63, 3.8) is 0 Å². The number of benzene rings is 1. The van der Waals surface area contributed by atoms with Crippen LogP contribution < -0.4 is 5.73 Å². The van der Waals surface area contributed by atoms with Gasteiger partial charge in [-0.25, -0.2) is 0 Å². The molecular formula is C16H27NO3. The maximum atomic E-state index is 9.59. The number of nitrogens with two attached hydrogens (primary N) is 1. The highest BCUT2D eigenvalue weighted by Crippen LogP contribution is 2.14. The van der Waals surface area contributed by atoms with Crippen LogP contribution in [0.15, 0.2) is 30.3 Å². The molecule has 20 heavy (non-hydrogen) atoms. The summed E-state index contributed by atoms with van der Waals surface area (Å²) >= 11 is 0. The molecule has 0 aliphatic carbocycles. The number of carbonyl (C=O) groups excluding carboxylic acids is 1. The first-order chi connectivity index (χ1) is 9.61. The van der Waals surface area contributed by atoms with Crippen molar-refractivity contribution in [2.24, 2.45) is 5.73 Å². The van der Waals surface area contributed by atoms with E-state index < -0.39 is 6.10 Å². The Hall–Kier alpha value is -1.83. The van der Waals surface area contributed by atoms with Crippen LogP contribution in [0.25, 0.3) is 0 Å². The van der Waals surface area contributed by atoms with Gasteiger partial charge in [0, 0.05) is 19.4 Å². The average molecular weight is 281 g/mol. The van der Waals surface area contributed by atoms with E-state index in [2.05, 4.69) is 18.6 Å². The molecule has 4 N–H and O–H groups in total. The molecule has 0 aromatic heterocycles. The van der Waals surface area contributed by atoms with Crippen LogP contribution in [0.5, 0.6) is 0 Å². The molecule has 0 heterocycles. The summed E-state index contributed by atoms with van der Waals surface area (Å²) in [5.74, 6) is -0.245. The zero-order chi connectivity index (χ0) is 16.4. The topological polar surface area (TPSA) is 83.6 Å². The highest BCUT2D eigenvalue weighted by atomic mass is 16.3. The Kier molecular flexibility index (Phi) is 22.7. The molecule has 1 amide bonds. The number of aliphatic hydroxyl groups excluding tert-OH is 2. The van der Waals surface area contributed by atoms with Crippen LogP contribution in [0.3, 0.4) is 0 Å². The number of hydrogen-bond donors (Lipinski definition) is 3. The molecule has 0 aliphatic rings. The molecule has 0 saturated carbocycles. The van der Waals surface area contributed by atoms with E-state index in [1.165, 1.54) is 0 Å². The van der Waals surface area contributed by atoms with E-state index in [1.807, 2.05) is 44.2 Å². The molecule has 0 fully saturated rings. The lowest BCUT2D eigenvalue weighted by atomic mass is 10.1. The molecule has 1 aromatic carbocycles. The molecular weight excluding hydrogens is 254 g/mol. The van der Waals surface area contributed by atoms with E-state index in [0.29, 0.717) is 12.8 Å². The minimum absolute atomic E-state index is 0.0239. The molecule has 0 radical (unpaired) electrons. The Morgan fingerprint density at radius 2 is 1.65 bits per heavy atom. The Morgan fingerprint density at radius 3 is 1.95 bits per heavy atom. The third kappa shape index (κ3) is 16.2. The second kappa shape index (κ2) is 19.5. The van der Waals surface area contributed by atoms with Crippen LogP contribution in [0, 0.1) is 12.8 Å². The maximum Gasteiger partial charge on any atom is 0.217 e. The number of hydrogen-bond acceptors (Lipinski definition) is 3. The van der Waals surface area contributed by atoms with Crippen LogP contribution in [0.2, 0.25) is 0 Å². The average Bonchev–Trinajstić information content (AvgIpc) is 2.53. The summed E-state index contributed by atoms with van der Waals surface area (Å²) in [6.07, 6.45) is 8.32. The summed E-state index contributed by atoms with van der Waals surface area (Å²) in [6.45, 7) is 5.75. The predicted octanol–water partition coefficient (Wildman–Crippen LogP) is 2.26. The minimum atomic E-state index is -0.527. The molecule has 0 saturated heterocycles. The fourth-order valence-corrected chi connectivity index (χ4v) is 0.964. The first-order valence-electron chi connectivity index (χ1n) is 6.57. The van der Waals surface area contributed by atoms with Crippen molar-refractivity contribution in [1.82, 2.24) is 0 Å². The first-order valence-corrected chi connectivity index (χ1v) is 6.57. The van der Waals surface area contributed by atoms with Gasteiger partial charge in [0.25, 0.3) is 0 Å². The van der Waals surface area contributed by atoms with Gasteiger partial charge in [0.15, 0.2) is 0 Å². The van der Waals surface area contributed by atoms with Crippen LogP contribution in [0.1, 0.15) is 45.3 Å². The Morgan fingerprint density at radius 1 is 1.25 bits per heavy atom. The zero-order valence-electron chi connectivity index (χ0n) is 12.6. The van der Waals surface area contributed by atoms with Gasteiger partial charge in [-0.3, -0.25) is 4.79 Å². The summed E-state index contributed by atoms with van der Waals surface area (Å²) in [6, 6.07) is 9.33. The summed E-state index contributed by atoms with van der Waals surface area (Å²) in [5.41, 5.74) is 5.52. The highest BCUT2D eigenvalue weighted by molar-refractivity contribution is 5.73. The third-order valence-corrected chi connectivity index (χ3v) is 1.94. The van der Waals surface area contributed by atoms with Gasteiger partial charge in [-0.05, 0) is 5.56 Å². The van der Waals surface area contributed by atoms with E-state index >= 15 is 0 Å². The first kappa shape index (κ1) is 23.3. The second-order valence-corrected chi connectivity index (χ2v) is 3.26. The van der Waals surface area contributed by atoms with Gasteiger partial charge < -0.3 is 15.9 Å². The Labute approximate surface area is 122 Å². The van der Waals surface area contributed by atoms with Crippen LogP contribution in [-0.2, 0) is 4.79 Å². The normalized spacial score (nSPS) is 9.35. The summed E-state index contributed by atoms with van der Waals surface area (Å²) in [5, 5.41) is 17.9. The largest absolute Gasteiger partial charge is 0.396 e. The lowest BCUT2D eigenvalue weighted by Crippen LogP contribution is -2.06. The monoisotopic (exact) mass is 281 g/mol. The van der Waals surface area contributed by atoms with E-state index in [-0.39, 0.29) is 12.5 Å². The zero-order valence-corrected chi connectivity index (χ0v) is 12.6. The minimum Gasteiger partial charge on any atom is -0.396 e. The van der Waals surface area contributed by atoms with Gasteiger partial charge in [-0.2, -0.15) is 0 Å². The molecule has 0 spiro atoms. The quantitative estimate of drug-likeness (QED) is 0.740. The van der Waals surface area contributed by atoms with Crippen molar-refractivity contribution in [2.75, 3.05) is 6.61 Å². The van der Waals surface area contributed by atoms with E-state index in [9.17, 15) is 9.90 Å². The molecule has 0 aliphatic heterocycles. The third-order valence-electron chi connectivity index (χ3n) is 1.94. The van der Waals surface area contributed by atoms with Gasteiger partial charge in [0.2, 0.25) is 5.91 Å². The number of terminal acetylenes is 1. The fraction of sp³-hybridized carbons (Fsp3) is 0.438. The maximum absolute atomic E-state index is 9.59. The predicted molar refractivity (Wildman–Crippen MR) is 83.8 cm³/mol. The molecule has 1 atom stereocenters. The van der Waals surface area contributed by atoms with Crippen molar-refractivity contribution < 1.29 is 15.0 Å². The second-order valence-electron chi connectivity index (χ2n) is 3.26. The van der Waals surface area contributed by atoms with Crippen molar-refractivity contribution in [3.8, 4) is 12.8 Å². The number of carbonyl (C=O) groups is 1. The Balaban J connectivity index is -0.000000272. The van der Waals surface area contributed by atoms with Crippen molar-refractivity contribution >= 4 is 5.91 Å². The number of aliphatic hydroxyl groups is 2. The van der Waals surface area contributed by atoms with Crippen molar-refractivity contribution in [3.05, 3.63) is 35.9 Å². The number of primary amides is 1. The van der Waals surface area contributed by atoms with Gasteiger partial charge in [-0.15, -0.1) is 12.8 Å². The molecule has 4 heteroatoms. The van der Waals surface area contributed by atoms with Crippen LogP contribution in [0.4, 0.5) is 0 Å². The van der Waals surface area contributed by atoms with E-state index in [1.54, 1.807) is 6.92 Å². The van der Waals surface area contributed by atoms with Gasteiger partial charge in [0.1, 0.15) is 0 Å². The lowest BCUT2D eigenvalue weighted by molar-refractivity contribution is -0.117. The van der Waals surface area contributed by atoms with Crippen molar-refractivity contribution in [2.45, 2.75) is 39.7 Å². The van der Waals surface area contributed by atoms with Crippen LogP contribution >= 0.6 is 0 Å². The standard InChI is InChI=1S/C9H12O2.C3H7NO.C2H6.C2H2/c10-7-6-9(11)8-4-2-1-3-5-8;1-2-3(4)5;2*1-2/h1-5,9-11H,6-7H2;2H2,1H3,(H2,4,5);1-2H3;1-2H/t9-;;;/m0.../s1. The molecule has 0 unspecified atom stereocenters. The molecule has 4 nitrogen and oxygen atoms in total. The summed E-state index contributed by atoms with van der Waals surface area (Å²) in [7, 11) is 0. The van der Waals surface area contributed by atoms with Gasteiger partial charge >= 0.3 is 0 Å². The van der Waals surface area contributed by atoms with E-state index in [4.69, 9.17) is 5.11 Å². The smallest absolute Gasteiger partial charge is 0.217 e. The molecule has 0 bridgehead atoms. The SMILES string of the molecule is C#C.CC.CCC(N)=O.OCC[C@H](O)c1ccccc1. The molecule has 1 aromatic rings. The lowest BCUT2D eigenvalue weighted by Gasteiger charge is -2.07. The van der Waals surface area contributed by atoms with Gasteiger partial charge in [0.05, 0.1) is 6.10 Å². The molecule has 1 rings (SSSR count). The Bertz CT molecular complexity index is 323. The molecule has 114 valence electrons. The van der Waals surface area contributed by atoms with Gasteiger partial charge in [-0.1, -0.05) is 51.1 Å². The number of rotatable bonds is 4. The fourth-order valence-electron chi connectivity index (χ4n) is 0.964. The summed E-state index contributed by atoms with van der Waals surface area (Å²) < 4.78 is 0. The van der Waals surface area contributed by atoms with Crippen LogP contribution in [-0.4, -0.2) is 22.7 Å². The summed E-state index contributed by atoms with van der Waals surface area (Å²) in [4.78, 5) is 9.59. The highest BCUT2D eigenvalue weighted by Gasteiger charge is 2.03. The number of amides is 1. The van der Waals surface area contributed by atoms with E-state index in [0.717, 1.165) is 5.56 Å². The van der Waals surface area contributed by atoms with Crippen molar-refractivity contribution in [1.29, 1.82) is 0 Å².